The molecule has 2 rings (SSSR count). The Morgan fingerprint density at radius 3 is 1.72 bits per heavy atom. The number of rotatable bonds is 11. The molecule has 0 saturated heterocycles. The van der Waals surface area contributed by atoms with Gasteiger partial charge in [-0.25, -0.2) is 0 Å². The average molecular weight is 341 g/mol. The molecule has 0 heterocycles. The van der Waals surface area contributed by atoms with E-state index >= 15 is 0 Å². The number of nitrogens with two attached hydrogens (primary N) is 1. The van der Waals surface area contributed by atoms with Crippen molar-refractivity contribution in [3.05, 3.63) is 71.8 Å². The second-order valence-corrected chi connectivity index (χ2v) is 6.26. The zero-order valence-electron chi connectivity index (χ0n) is 16.1. The van der Waals surface area contributed by atoms with E-state index in [0.29, 0.717) is 5.92 Å². The van der Waals surface area contributed by atoms with Gasteiger partial charge in [0.15, 0.2) is 0 Å². The van der Waals surface area contributed by atoms with Gasteiger partial charge in [0.2, 0.25) is 0 Å². The molecular formula is C23H36N2. The van der Waals surface area contributed by atoms with Crippen molar-refractivity contribution in [2.24, 2.45) is 11.7 Å². The standard InChI is InChI=1S/C21H30N2.C2H6/c22-16-7-17-23-18-21(14-12-19-8-3-1-4-9-19)15-13-20-10-5-2-6-11-20;1-2/h1-6,8-11,21,23H,7,12-18,22H2;1-2H3. The van der Waals surface area contributed by atoms with Crippen LogP contribution in [0, 0.1) is 5.92 Å². The van der Waals surface area contributed by atoms with Gasteiger partial charge in [-0.05, 0) is 68.8 Å². The van der Waals surface area contributed by atoms with Gasteiger partial charge in [0, 0.05) is 0 Å². The highest BCUT2D eigenvalue weighted by Gasteiger charge is 2.09. The second-order valence-electron chi connectivity index (χ2n) is 6.26. The summed E-state index contributed by atoms with van der Waals surface area (Å²) in [7, 11) is 0. The summed E-state index contributed by atoms with van der Waals surface area (Å²) < 4.78 is 0. The highest BCUT2D eigenvalue weighted by Crippen LogP contribution is 2.16. The first-order valence-corrected chi connectivity index (χ1v) is 9.87. The van der Waals surface area contributed by atoms with Crippen LogP contribution >= 0.6 is 0 Å². The molecule has 0 aliphatic heterocycles. The minimum absolute atomic E-state index is 0.716. The predicted molar refractivity (Wildman–Crippen MR) is 111 cm³/mol. The first-order valence-electron chi connectivity index (χ1n) is 9.87. The van der Waals surface area contributed by atoms with Crippen LogP contribution < -0.4 is 11.1 Å². The summed E-state index contributed by atoms with van der Waals surface area (Å²) in [5.41, 5.74) is 8.46. The van der Waals surface area contributed by atoms with Crippen LogP contribution in [0.25, 0.3) is 0 Å². The Balaban J connectivity index is 0.00000151. The van der Waals surface area contributed by atoms with Crippen molar-refractivity contribution in [1.29, 1.82) is 0 Å². The third-order valence-electron chi connectivity index (χ3n) is 4.36. The van der Waals surface area contributed by atoms with Gasteiger partial charge >= 0.3 is 0 Å². The van der Waals surface area contributed by atoms with E-state index in [1.54, 1.807) is 0 Å². The van der Waals surface area contributed by atoms with Crippen LogP contribution in [0.4, 0.5) is 0 Å². The number of hydrogen-bond acceptors (Lipinski definition) is 2. The van der Waals surface area contributed by atoms with E-state index in [1.807, 2.05) is 13.8 Å². The lowest BCUT2D eigenvalue weighted by atomic mass is 9.93. The molecule has 0 fully saturated rings. The molecule has 0 aliphatic carbocycles. The van der Waals surface area contributed by atoms with Gasteiger partial charge in [-0.2, -0.15) is 0 Å². The minimum Gasteiger partial charge on any atom is -0.330 e. The molecule has 2 aromatic rings. The molecule has 0 amide bonds. The van der Waals surface area contributed by atoms with E-state index in [0.717, 1.165) is 26.1 Å². The summed E-state index contributed by atoms with van der Waals surface area (Å²) in [6, 6.07) is 21.6. The Labute approximate surface area is 154 Å². The van der Waals surface area contributed by atoms with E-state index in [2.05, 4.69) is 66.0 Å². The monoisotopic (exact) mass is 340 g/mol. The van der Waals surface area contributed by atoms with Crippen LogP contribution in [0.1, 0.15) is 44.2 Å². The Hall–Kier alpha value is -1.64. The fourth-order valence-corrected chi connectivity index (χ4v) is 2.91. The summed E-state index contributed by atoms with van der Waals surface area (Å²) in [5.74, 6) is 0.716. The summed E-state index contributed by atoms with van der Waals surface area (Å²) in [4.78, 5) is 0. The largest absolute Gasteiger partial charge is 0.330 e. The molecule has 138 valence electrons. The minimum atomic E-state index is 0.716. The van der Waals surface area contributed by atoms with Crippen molar-refractivity contribution in [2.75, 3.05) is 19.6 Å². The fourth-order valence-electron chi connectivity index (χ4n) is 2.91. The normalized spacial score (nSPS) is 10.4. The molecule has 0 atom stereocenters. The van der Waals surface area contributed by atoms with Crippen molar-refractivity contribution in [2.45, 2.75) is 46.0 Å². The van der Waals surface area contributed by atoms with Crippen molar-refractivity contribution < 1.29 is 0 Å². The first kappa shape index (κ1) is 21.4. The number of benzene rings is 2. The van der Waals surface area contributed by atoms with Crippen molar-refractivity contribution in [1.82, 2.24) is 5.32 Å². The fraction of sp³-hybridized carbons (Fsp3) is 0.478. The SMILES string of the molecule is CC.NCCCNCC(CCc1ccccc1)CCc1ccccc1. The molecule has 0 saturated carbocycles. The number of aryl methyl sites for hydroxylation is 2. The molecule has 2 nitrogen and oxygen atoms in total. The maximum absolute atomic E-state index is 5.57. The third-order valence-corrected chi connectivity index (χ3v) is 4.36. The number of hydrogen-bond donors (Lipinski definition) is 2. The van der Waals surface area contributed by atoms with Gasteiger partial charge < -0.3 is 11.1 Å². The Bertz CT molecular complexity index is 467. The zero-order chi connectivity index (χ0) is 18.2. The molecule has 25 heavy (non-hydrogen) atoms. The summed E-state index contributed by atoms with van der Waals surface area (Å²) in [6.45, 7) is 6.90. The first-order chi connectivity index (χ1) is 12.4. The van der Waals surface area contributed by atoms with Crippen molar-refractivity contribution >= 4 is 0 Å². The quantitative estimate of drug-likeness (QED) is 0.575. The molecule has 0 radical (unpaired) electrons. The van der Waals surface area contributed by atoms with Gasteiger partial charge in [-0.15, -0.1) is 0 Å². The van der Waals surface area contributed by atoms with Gasteiger partial charge in [0.1, 0.15) is 0 Å². The maximum Gasteiger partial charge on any atom is -0.00203 e. The zero-order valence-corrected chi connectivity index (χ0v) is 16.1. The molecule has 0 unspecified atom stereocenters. The van der Waals surface area contributed by atoms with Crippen LogP contribution in [0.3, 0.4) is 0 Å². The van der Waals surface area contributed by atoms with E-state index in [4.69, 9.17) is 5.73 Å². The second kappa shape index (κ2) is 14.7. The van der Waals surface area contributed by atoms with Crippen molar-refractivity contribution in [3.8, 4) is 0 Å². The van der Waals surface area contributed by atoms with Crippen LogP contribution in [-0.2, 0) is 12.8 Å². The molecule has 0 aromatic heterocycles. The Kier molecular flexibility index (Phi) is 12.6. The van der Waals surface area contributed by atoms with Crippen LogP contribution in [0.15, 0.2) is 60.7 Å². The lowest BCUT2D eigenvalue weighted by molar-refractivity contribution is 0.417. The van der Waals surface area contributed by atoms with E-state index in [9.17, 15) is 0 Å². The predicted octanol–water partition coefficient (Wildman–Crippen LogP) is 4.83. The summed E-state index contributed by atoms with van der Waals surface area (Å²) in [6.07, 6.45) is 5.88. The molecule has 2 aromatic carbocycles. The number of nitrogens with one attached hydrogen (secondary N) is 1. The van der Waals surface area contributed by atoms with Crippen molar-refractivity contribution in [3.63, 3.8) is 0 Å². The summed E-state index contributed by atoms with van der Waals surface area (Å²) >= 11 is 0. The van der Waals surface area contributed by atoms with Crippen LogP contribution in [-0.4, -0.2) is 19.6 Å². The molecule has 0 bridgehead atoms. The van der Waals surface area contributed by atoms with Gasteiger partial charge in [-0.3, -0.25) is 0 Å². The lowest BCUT2D eigenvalue weighted by Crippen LogP contribution is -2.26. The van der Waals surface area contributed by atoms with E-state index < -0.39 is 0 Å². The molecule has 2 heteroatoms. The molecule has 0 spiro atoms. The summed E-state index contributed by atoms with van der Waals surface area (Å²) in [5, 5.41) is 3.58. The van der Waals surface area contributed by atoms with Crippen LogP contribution in [0.2, 0.25) is 0 Å². The topological polar surface area (TPSA) is 38.0 Å². The van der Waals surface area contributed by atoms with Gasteiger partial charge in [0.25, 0.3) is 0 Å². The third kappa shape index (κ3) is 10.1. The Morgan fingerprint density at radius 1 is 0.800 bits per heavy atom. The smallest absolute Gasteiger partial charge is 0.00203 e. The van der Waals surface area contributed by atoms with Crippen LogP contribution in [0.5, 0.6) is 0 Å². The van der Waals surface area contributed by atoms with Gasteiger partial charge in [-0.1, -0.05) is 74.5 Å². The molecular weight excluding hydrogens is 304 g/mol. The molecule has 3 N–H and O–H groups in total. The Morgan fingerprint density at radius 2 is 1.28 bits per heavy atom. The highest BCUT2D eigenvalue weighted by atomic mass is 14.9. The van der Waals surface area contributed by atoms with E-state index in [1.165, 1.54) is 36.8 Å². The van der Waals surface area contributed by atoms with Gasteiger partial charge in [0.05, 0.1) is 0 Å². The lowest BCUT2D eigenvalue weighted by Gasteiger charge is -2.18. The highest BCUT2D eigenvalue weighted by molar-refractivity contribution is 5.16. The average Bonchev–Trinajstić information content (AvgIpc) is 2.70. The molecule has 0 aliphatic rings. The maximum atomic E-state index is 5.57. The van der Waals surface area contributed by atoms with E-state index in [-0.39, 0.29) is 0 Å².